The molecule has 0 bridgehead atoms. The average molecular weight is 188 g/mol. The quantitative estimate of drug-likeness (QED) is 0.447. The average Bonchev–Trinajstić information content (AvgIpc) is 2.48. The summed E-state index contributed by atoms with van der Waals surface area (Å²) in [7, 11) is 1.23. The highest BCUT2D eigenvalue weighted by atomic mass is 16.5. The van der Waals surface area contributed by atoms with E-state index in [0.717, 1.165) is 0 Å². The van der Waals surface area contributed by atoms with Crippen LogP contribution in [0.1, 0.15) is 6.42 Å². The highest BCUT2D eigenvalue weighted by molar-refractivity contribution is 5.84. The maximum Gasteiger partial charge on any atom is 0.327 e. The Morgan fingerprint density at radius 2 is 2.31 bits per heavy atom. The number of aliphatic carboxylic acids is 1. The number of carboxylic acid groups (broad SMARTS) is 1. The van der Waals surface area contributed by atoms with Crippen LogP contribution in [-0.2, 0) is 14.3 Å². The molecule has 1 saturated heterocycles. The molecule has 0 aromatic rings. The van der Waals surface area contributed by atoms with Gasteiger partial charge in [0.25, 0.3) is 0 Å². The van der Waals surface area contributed by atoms with Gasteiger partial charge >= 0.3 is 11.9 Å². The van der Waals surface area contributed by atoms with Crippen molar-refractivity contribution < 1.29 is 19.4 Å². The molecule has 1 aliphatic rings. The van der Waals surface area contributed by atoms with E-state index in [1.165, 1.54) is 7.11 Å². The third-order valence-corrected chi connectivity index (χ3v) is 2.12. The molecule has 2 atom stereocenters. The highest BCUT2D eigenvalue weighted by Crippen LogP contribution is 2.18. The number of hydrogen-bond acceptors (Lipinski definition) is 5. The van der Waals surface area contributed by atoms with Gasteiger partial charge in [0.2, 0.25) is 0 Å². The zero-order chi connectivity index (χ0) is 10.1. The summed E-state index contributed by atoms with van der Waals surface area (Å²) >= 11 is 0. The molecular formula is C7H12N2O4. The van der Waals surface area contributed by atoms with Crippen molar-refractivity contribution in [3.63, 3.8) is 0 Å². The number of hydrogen-bond donors (Lipinski definition) is 3. The topological polar surface area (TPSA) is 102 Å². The molecule has 13 heavy (non-hydrogen) atoms. The monoisotopic (exact) mass is 188 g/mol. The zero-order valence-corrected chi connectivity index (χ0v) is 7.24. The van der Waals surface area contributed by atoms with E-state index in [-0.39, 0.29) is 13.0 Å². The van der Waals surface area contributed by atoms with Gasteiger partial charge in [0, 0.05) is 13.0 Å². The Morgan fingerprint density at radius 1 is 1.69 bits per heavy atom. The van der Waals surface area contributed by atoms with Gasteiger partial charge < -0.3 is 20.9 Å². The summed E-state index contributed by atoms with van der Waals surface area (Å²) in [4.78, 5) is 21.7. The Balaban J connectivity index is 2.66. The van der Waals surface area contributed by atoms with Crippen molar-refractivity contribution in [3.05, 3.63) is 0 Å². The van der Waals surface area contributed by atoms with Crippen LogP contribution >= 0.6 is 0 Å². The Bertz CT molecular complexity index is 243. The summed E-state index contributed by atoms with van der Waals surface area (Å²) in [5.74, 6) is -1.58. The van der Waals surface area contributed by atoms with Crippen molar-refractivity contribution in [2.24, 2.45) is 5.73 Å². The predicted octanol–water partition coefficient (Wildman–Crippen LogP) is -1.70. The first-order valence-electron chi connectivity index (χ1n) is 3.83. The molecule has 0 aromatic carbocycles. The Labute approximate surface area is 75.0 Å². The van der Waals surface area contributed by atoms with Crippen molar-refractivity contribution >= 4 is 11.9 Å². The number of methoxy groups -OCH3 is 1. The van der Waals surface area contributed by atoms with Crippen LogP contribution in [0.2, 0.25) is 0 Å². The van der Waals surface area contributed by atoms with Crippen LogP contribution in [0, 0.1) is 0 Å². The number of nitrogens with one attached hydrogen (secondary N) is 1. The van der Waals surface area contributed by atoms with Crippen molar-refractivity contribution in [2.75, 3.05) is 13.7 Å². The molecule has 0 spiro atoms. The molecule has 0 aliphatic carbocycles. The lowest BCUT2D eigenvalue weighted by Gasteiger charge is -2.18. The van der Waals surface area contributed by atoms with Crippen LogP contribution in [0.15, 0.2) is 0 Å². The maximum atomic E-state index is 11.1. The van der Waals surface area contributed by atoms with Gasteiger partial charge in [-0.1, -0.05) is 0 Å². The second kappa shape index (κ2) is 3.31. The van der Waals surface area contributed by atoms with E-state index in [1.807, 2.05) is 0 Å². The number of carbonyl (C=O) groups excluding carboxylic acids is 1. The summed E-state index contributed by atoms with van der Waals surface area (Å²) in [6.45, 7) is 0.136. The Morgan fingerprint density at radius 3 is 2.69 bits per heavy atom. The molecule has 74 valence electrons. The van der Waals surface area contributed by atoms with Gasteiger partial charge in [-0.2, -0.15) is 0 Å². The molecule has 1 heterocycles. The zero-order valence-electron chi connectivity index (χ0n) is 7.24. The SMILES string of the molecule is COC(=O)[C@]1(N)CN[C@@H](C(=O)O)C1. The molecular weight excluding hydrogens is 176 g/mol. The van der Waals surface area contributed by atoms with E-state index in [2.05, 4.69) is 10.1 Å². The fourth-order valence-electron chi connectivity index (χ4n) is 1.35. The van der Waals surface area contributed by atoms with E-state index in [0.29, 0.717) is 0 Å². The summed E-state index contributed by atoms with van der Waals surface area (Å²) in [6, 6.07) is -0.760. The summed E-state index contributed by atoms with van der Waals surface area (Å²) in [6.07, 6.45) is 0.0645. The van der Waals surface area contributed by atoms with E-state index >= 15 is 0 Å². The van der Waals surface area contributed by atoms with Gasteiger partial charge in [-0.3, -0.25) is 9.59 Å². The number of carboxylic acids is 1. The summed E-state index contributed by atoms with van der Waals surface area (Å²) in [5, 5.41) is 11.3. The maximum absolute atomic E-state index is 11.1. The van der Waals surface area contributed by atoms with Gasteiger partial charge in [-0.15, -0.1) is 0 Å². The third-order valence-electron chi connectivity index (χ3n) is 2.12. The molecule has 0 radical (unpaired) electrons. The highest BCUT2D eigenvalue weighted by Gasteiger charge is 2.45. The minimum Gasteiger partial charge on any atom is -0.480 e. The fraction of sp³-hybridized carbons (Fsp3) is 0.714. The van der Waals surface area contributed by atoms with Gasteiger partial charge in [-0.05, 0) is 0 Å². The number of rotatable bonds is 2. The molecule has 0 unspecified atom stereocenters. The number of carbonyl (C=O) groups is 2. The van der Waals surface area contributed by atoms with Gasteiger partial charge in [0.15, 0.2) is 0 Å². The van der Waals surface area contributed by atoms with E-state index in [1.54, 1.807) is 0 Å². The minimum absolute atomic E-state index is 0.0645. The molecule has 0 amide bonds. The number of ether oxygens (including phenoxy) is 1. The normalized spacial score (nSPS) is 32.9. The number of esters is 1. The molecule has 6 nitrogen and oxygen atoms in total. The lowest BCUT2D eigenvalue weighted by molar-refractivity contribution is -0.146. The second-order valence-corrected chi connectivity index (χ2v) is 3.12. The third kappa shape index (κ3) is 1.78. The van der Waals surface area contributed by atoms with Crippen molar-refractivity contribution in [1.82, 2.24) is 5.32 Å². The summed E-state index contributed by atoms with van der Waals surface area (Å²) in [5.41, 5.74) is 4.44. The van der Waals surface area contributed by atoms with Crippen LogP contribution < -0.4 is 11.1 Å². The molecule has 1 aliphatic heterocycles. The molecule has 0 saturated carbocycles. The molecule has 4 N–H and O–H groups in total. The molecule has 0 aromatic heterocycles. The van der Waals surface area contributed by atoms with E-state index in [9.17, 15) is 9.59 Å². The van der Waals surface area contributed by atoms with Crippen LogP contribution in [0.5, 0.6) is 0 Å². The minimum atomic E-state index is -1.20. The van der Waals surface area contributed by atoms with E-state index < -0.39 is 23.5 Å². The van der Waals surface area contributed by atoms with Crippen molar-refractivity contribution in [2.45, 2.75) is 18.0 Å². The first-order valence-corrected chi connectivity index (χ1v) is 3.83. The second-order valence-electron chi connectivity index (χ2n) is 3.12. The standard InChI is InChI=1S/C7H12N2O4/c1-13-6(12)7(8)2-4(5(10)11)9-3-7/h4,9H,2-3,8H2,1H3,(H,10,11)/t4-,7-/m1/s1. The first kappa shape index (κ1) is 9.94. The number of nitrogens with two attached hydrogens (primary N) is 1. The fourth-order valence-corrected chi connectivity index (χ4v) is 1.35. The van der Waals surface area contributed by atoms with Crippen molar-refractivity contribution in [3.8, 4) is 0 Å². The largest absolute Gasteiger partial charge is 0.480 e. The lowest BCUT2D eigenvalue weighted by Crippen LogP contribution is -2.50. The molecule has 1 rings (SSSR count). The van der Waals surface area contributed by atoms with Crippen LogP contribution in [0.4, 0.5) is 0 Å². The smallest absolute Gasteiger partial charge is 0.327 e. The van der Waals surface area contributed by atoms with Gasteiger partial charge in [0.1, 0.15) is 11.6 Å². The predicted molar refractivity (Wildman–Crippen MR) is 43.0 cm³/mol. The van der Waals surface area contributed by atoms with Gasteiger partial charge in [0.05, 0.1) is 7.11 Å². The Kier molecular flexibility index (Phi) is 2.53. The molecule has 1 fully saturated rings. The van der Waals surface area contributed by atoms with Crippen LogP contribution in [0.25, 0.3) is 0 Å². The molecule has 6 heteroatoms. The lowest BCUT2D eigenvalue weighted by atomic mass is 9.97. The van der Waals surface area contributed by atoms with E-state index in [4.69, 9.17) is 10.8 Å². The van der Waals surface area contributed by atoms with Crippen LogP contribution in [-0.4, -0.2) is 42.3 Å². The Hall–Kier alpha value is -1.14. The summed E-state index contributed by atoms with van der Waals surface area (Å²) < 4.78 is 4.47. The van der Waals surface area contributed by atoms with Crippen LogP contribution in [0.3, 0.4) is 0 Å². The van der Waals surface area contributed by atoms with Crippen molar-refractivity contribution in [1.29, 1.82) is 0 Å². The van der Waals surface area contributed by atoms with Gasteiger partial charge in [-0.25, -0.2) is 0 Å². The first-order chi connectivity index (χ1) is 5.99.